The van der Waals surface area contributed by atoms with Crippen LogP contribution >= 0.6 is 0 Å². The van der Waals surface area contributed by atoms with Crippen molar-refractivity contribution in [3.05, 3.63) is 36.4 Å². The summed E-state index contributed by atoms with van der Waals surface area (Å²) < 4.78 is 12.8. The van der Waals surface area contributed by atoms with Crippen LogP contribution in [-0.2, 0) is 4.74 Å². The third-order valence-corrected chi connectivity index (χ3v) is 3.30. The van der Waals surface area contributed by atoms with Gasteiger partial charge in [-0.15, -0.1) is 0 Å². The topological polar surface area (TPSA) is 65.5 Å². The highest BCUT2D eigenvalue weighted by Gasteiger charge is 2.24. The second-order valence-corrected chi connectivity index (χ2v) is 4.53. The molecule has 0 aromatic carbocycles. The molecule has 1 unspecified atom stereocenters. The smallest absolute Gasteiger partial charge is 0.276 e. The highest BCUT2D eigenvalue weighted by Crippen LogP contribution is 2.28. The Morgan fingerprint density at radius 2 is 2.32 bits per heavy atom. The Labute approximate surface area is 109 Å². The molecule has 3 aromatic rings. The van der Waals surface area contributed by atoms with E-state index in [2.05, 4.69) is 15.1 Å². The lowest BCUT2D eigenvalue weighted by molar-refractivity contribution is 0.103. The number of rotatable bonds is 2. The first-order valence-corrected chi connectivity index (χ1v) is 6.29. The van der Waals surface area contributed by atoms with Crippen LogP contribution in [-0.4, -0.2) is 26.1 Å². The average Bonchev–Trinajstić information content (AvgIpc) is 3.18. The fraction of sp³-hybridized carbons (Fsp3) is 0.308. The van der Waals surface area contributed by atoms with Crippen molar-refractivity contribution in [2.24, 2.45) is 0 Å². The number of aromatic nitrogens is 4. The number of nitrogens with zero attached hydrogens (tertiary/aromatic N) is 4. The summed E-state index contributed by atoms with van der Waals surface area (Å²) in [6.45, 7) is 0.768. The number of hydrogen-bond acceptors (Lipinski definition) is 5. The van der Waals surface area contributed by atoms with Crippen molar-refractivity contribution in [3.8, 4) is 11.6 Å². The molecule has 6 nitrogen and oxygen atoms in total. The SMILES string of the molecule is c1ccn2c(-c3nc(C4CCCO4)no3)cnc2c1. The van der Waals surface area contributed by atoms with Crippen LogP contribution in [0.15, 0.2) is 35.1 Å². The van der Waals surface area contributed by atoms with Crippen molar-refractivity contribution in [1.29, 1.82) is 0 Å². The molecule has 0 aliphatic carbocycles. The molecule has 1 saturated heterocycles. The summed E-state index contributed by atoms with van der Waals surface area (Å²) in [6.07, 6.45) is 5.63. The summed E-state index contributed by atoms with van der Waals surface area (Å²) in [7, 11) is 0. The lowest BCUT2D eigenvalue weighted by atomic mass is 10.2. The first-order chi connectivity index (χ1) is 9.42. The minimum atomic E-state index is -0.0308. The number of hydrogen-bond donors (Lipinski definition) is 0. The van der Waals surface area contributed by atoms with Gasteiger partial charge in [0.1, 0.15) is 17.4 Å². The van der Waals surface area contributed by atoms with Crippen LogP contribution in [0, 0.1) is 0 Å². The van der Waals surface area contributed by atoms with Crippen molar-refractivity contribution in [1.82, 2.24) is 19.5 Å². The van der Waals surface area contributed by atoms with E-state index >= 15 is 0 Å². The number of imidazole rings is 1. The minimum Gasteiger partial charge on any atom is -0.370 e. The largest absolute Gasteiger partial charge is 0.370 e. The summed E-state index contributed by atoms with van der Waals surface area (Å²) in [6, 6.07) is 5.81. The zero-order valence-corrected chi connectivity index (χ0v) is 10.2. The third kappa shape index (κ3) is 1.72. The quantitative estimate of drug-likeness (QED) is 0.703. The van der Waals surface area contributed by atoms with Gasteiger partial charge >= 0.3 is 0 Å². The lowest BCUT2D eigenvalue weighted by Crippen LogP contribution is -1.98. The van der Waals surface area contributed by atoms with Crippen LogP contribution in [0.25, 0.3) is 17.2 Å². The van der Waals surface area contributed by atoms with Gasteiger partial charge in [-0.25, -0.2) is 4.98 Å². The van der Waals surface area contributed by atoms with Crippen molar-refractivity contribution >= 4 is 5.65 Å². The zero-order chi connectivity index (χ0) is 12.7. The Bertz CT molecular complexity index is 712. The molecule has 0 bridgehead atoms. The molecule has 1 aliphatic heterocycles. The second-order valence-electron chi connectivity index (χ2n) is 4.53. The second kappa shape index (κ2) is 4.17. The Morgan fingerprint density at radius 1 is 1.32 bits per heavy atom. The zero-order valence-electron chi connectivity index (χ0n) is 10.2. The van der Waals surface area contributed by atoms with Gasteiger partial charge in [0.05, 0.1) is 6.20 Å². The Morgan fingerprint density at radius 3 is 3.21 bits per heavy atom. The first kappa shape index (κ1) is 10.7. The van der Waals surface area contributed by atoms with Crippen molar-refractivity contribution in [3.63, 3.8) is 0 Å². The van der Waals surface area contributed by atoms with Crippen LogP contribution in [0.5, 0.6) is 0 Å². The highest BCUT2D eigenvalue weighted by molar-refractivity contribution is 5.55. The van der Waals surface area contributed by atoms with Gasteiger partial charge in [0.2, 0.25) is 5.82 Å². The monoisotopic (exact) mass is 256 g/mol. The standard InChI is InChI=1S/C13H12N4O2/c1-2-6-17-9(8-14-11(17)5-1)13-15-12(16-19-13)10-4-3-7-18-10/h1-2,5-6,8,10H,3-4,7H2. The molecule has 19 heavy (non-hydrogen) atoms. The van der Waals surface area contributed by atoms with Gasteiger partial charge < -0.3 is 9.26 Å². The van der Waals surface area contributed by atoms with Crippen molar-refractivity contribution in [2.75, 3.05) is 6.61 Å². The Kier molecular flexibility index (Phi) is 2.34. The van der Waals surface area contributed by atoms with Crippen molar-refractivity contribution in [2.45, 2.75) is 18.9 Å². The number of ether oxygens (including phenoxy) is 1. The summed E-state index contributed by atoms with van der Waals surface area (Å²) in [5, 5.41) is 4.01. The van der Waals surface area contributed by atoms with Crippen LogP contribution in [0.4, 0.5) is 0 Å². The number of fused-ring (bicyclic) bond motifs is 1. The normalized spacial score (nSPS) is 19.3. The molecule has 0 N–H and O–H groups in total. The molecule has 0 radical (unpaired) electrons. The Hall–Kier alpha value is -2.21. The summed E-state index contributed by atoms with van der Waals surface area (Å²) in [5.41, 5.74) is 1.65. The maximum Gasteiger partial charge on any atom is 0.276 e. The van der Waals surface area contributed by atoms with E-state index in [9.17, 15) is 0 Å². The molecule has 1 aliphatic rings. The molecule has 0 amide bonds. The fourth-order valence-electron chi connectivity index (χ4n) is 2.34. The molecule has 3 aromatic heterocycles. The predicted octanol–water partition coefficient (Wildman–Crippen LogP) is 2.24. The van der Waals surface area contributed by atoms with E-state index in [1.54, 1.807) is 6.20 Å². The van der Waals surface area contributed by atoms with Crippen LogP contribution in [0.2, 0.25) is 0 Å². The molecule has 96 valence electrons. The fourth-order valence-corrected chi connectivity index (χ4v) is 2.34. The van der Waals surface area contributed by atoms with Gasteiger partial charge in [0.25, 0.3) is 5.89 Å². The summed E-state index contributed by atoms with van der Waals surface area (Å²) in [5.74, 6) is 1.10. The lowest BCUT2D eigenvalue weighted by Gasteiger charge is -2.00. The van der Waals surface area contributed by atoms with Gasteiger partial charge in [-0.3, -0.25) is 4.40 Å². The van der Waals surface area contributed by atoms with E-state index < -0.39 is 0 Å². The molecule has 1 atom stereocenters. The van der Waals surface area contributed by atoms with Crippen LogP contribution < -0.4 is 0 Å². The summed E-state index contributed by atoms with van der Waals surface area (Å²) in [4.78, 5) is 8.73. The van der Waals surface area contributed by atoms with Gasteiger partial charge in [-0.1, -0.05) is 11.2 Å². The molecular weight excluding hydrogens is 244 g/mol. The molecule has 4 heterocycles. The maximum atomic E-state index is 5.55. The first-order valence-electron chi connectivity index (χ1n) is 6.29. The van der Waals surface area contributed by atoms with E-state index in [-0.39, 0.29) is 6.10 Å². The molecule has 1 fully saturated rings. The maximum absolute atomic E-state index is 5.55. The van der Waals surface area contributed by atoms with Gasteiger partial charge in [0, 0.05) is 12.8 Å². The predicted molar refractivity (Wildman–Crippen MR) is 66.4 cm³/mol. The Balaban J connectivity index is 1.76. The minimum absolute atomic E-state index is 0.0308. The average molecular weight is 256 g/mol. The molecular formula is C13H12N4O2. The van der Waals surface area contributed by atoms with Crippen molar-refractivity contribution < 1.29 is 9.26 Å². The molecule has 0 saturated carbocycles. The van der Waals surface area contributed by atoms with Gasteiger partial charge in [-0.2, -0.15) is 4.98 Å². The summed E-state index contributed by atoms with van der Waals surface area (Å²) >= 11 is 0. The van der Waals surface area contributed by atoms with Gasteiger partial charge in [-0.05, 0) is 25.0 Å². The van der Waals surface area contributed by atoms with Gasteiger partial charge in [0.15, 0.2) is 0 Å². The highest BCUT2D eigenvalue weighted by atomic mass is 16.5. The van der Waals surface area contributed by atoms with E-state index in [0.29, 0.717) is 11.7 Å². The number of pyridine rings is 1. The van der Waals surface area contributed by atoms with E-state index in [4.69, 9.17) is 9.26 Å². The van der Waals surface area contributed by atoms with Crippen LogP contribution in [0.3, 0.4) is 0 Å². The van der Waals surface area contributed by atoms with E-state index in [1.807, 2.05) is 28.8 Å². The van der Waals surface area contributed by atoms with E-state index in [1.165, 1.54) is 0 Å². The third-order valence-electron chi connectivity index (χ3n) is 3.30. The van der Waals surface area contributed by atoms with Crippen LogP contribution in [0.1, 0.15) is 24.8 Å². The molecule has 0 spiro atoms. The molecule has 6 heteroatoms. The molecule has 4 rings (SSSR count). The van der Waals surface area contributed by atoms with E-state index in [0.717, 1.165) is 30.8 Å².